The fourth-order valence-electron chi connectivity index (χ4n) is 3.34. The van der Waals surface area contributed by atoms with Crippen molar-refractivity contribution in [3.8, 4) is 12.3 Å². The van der Waals surface area contributed by atoms with Crippen molar-refractivity contribution in [2.24, 2.45) is 5.92 Å². The molecule has 2 atom stereocenters. The van der Waals surface area contributed by atoms with E-state index in [4.69, 9.17) is 11.5 Å². The molecule has 0 bridgehead atoms. The van der Waals surface area contributed by atoms with Crippen molar-refractivity contribution < 1.29 is 14.7 Å². The number of aliphatic carboxylic acids is 1. The van der Waals surface area contributed by atoms with Gasteiger partial charge in [-0.1, -0.05) is 12.3 Å². The van der Waals surface area contributed by atoms with Gasteiger partial charge in [-0.2, -0.15) is 0 Å². The summed E-state index contributed by atoms with van der Waals surface area (Å²) in [5, 5.41) is 8.86. The molecule has 19 heavy (non-hydrogen) atoms. The standard InChI is InChI=1S/C14H20N2O3/c1-2-8-15(10-13(17)18)14(19)16-9-4-6-11-5-3-7-12(11)16/h1,11-12H,3-10H2,(H,17,18). The number of nitrogens with zero attached hydrogens (tertiary/aromatic N) is 2. The Hall–Kier alpha value is -1.70. The van der Waals surface area contributed by atoms with Crippen LogP contribution in [0.2, 0.25) is 0 Å². The van der Waals surface area contributed by atoms with E-state index in [9.17, 15) is 9.59 Å². The molecule has 0 aromatic rings. The number of urea groups is 1. The number of hydrogen-bond acceptors (Lipinski definition) is 2. The van der Waals surface area contributed by atoms with Crippen LogP contribution >= 0.6 is 0 Å². The van der Waals surface area contributed by atoms with E-state index in [1.807, 2.05) is 4.90 Å². The van der Waals surface area contributed by atoms with Gasteiger partial charge in [-0.05, 0) is 31.6 Å². The summed E-state index contributed by atoms with van der Waals surface area (Å²) in [7, 11) is 0. The smallest absolute Gasteiger partial charge is 0.323 e. The van der Waals surface area contributed by atoms with Crippen LogP contribution in [0.3, 0.4) is 0 Å². The van der Waals surface area contributed by atoms with E-state index in [-0.39, 0.29) is 25.2 Å². The average molecular weight is 264 g/mol. The lowest BCUT2D eigenvalue weighted by molar-refractivity contribution is -0.137. The number of terminal acetylenes is 1. The molecule has 1 N–H and O–H groups in total. The lowest BCUT2D eigenvalue weighted by Crippen LogP contribution is -2.53. The Morgan fingerprint density at radius 1 is 1.32 bits per heavy atom. The van der Waals surface area contributed by atoms with Gasteiger partial charge in [-0.15, -0.1) is 6.42 Å². The number of carbonyl (C=O) groups excluding carboxylic acids is 1. The number of carbonyl (C=O) groups is 2. The number of amides is 2. The Kier molecular flexibility index (Phi) is 4.31. The average Bonchev–Trinajstić information content (AvgIpc) is 2.85. The third-order valence-corrected chi connectivity index (χ3v) is 4.12. The SMILES string of the molecule is C#CCN(CC(=O)O)C(=O)N1CCCC2CCCC21. The molecule has 0 spiro atoms. The van der Waals surface area contributed by atoms with Crippen molar-refractivity contribution >= 4 is 12.0 Å². The molecule has 0 aromatic heterocycles. The first-order valence-electron chi connectivity index (χ1n) is 6.84. The number of hydrogen-bond donors (Lipinski definition) is 1. The highest BCUT2D eigenvalue weighted by Crippen LogP contribution is 2.37. The molecule has 2 amide bonds. The summed E-state index contributed by atoms with van der Waals surface area (Å²) in [6.07, 6.45) is 10.8. The summed E-state index contributed by atoms with van der Waals surface area (Å²) in [6, 6.07) is 0.0762. The summed E-state index contributed by atoms with van der Waals surface area (Å²) in [4.78, 5) is 26.4. The van der Waals surface area contributed by atoms with Crippen LogP contribution in [-0.4, -0.2) is 52.6 Å². The van der Waals surface area contributed by atoms with Crippen LogP contribution in [0.15, 0.2) is 0 Å². The normalized spacial score (nSPS) is 25.5. The summed E-state index contributed by atoms with van der Waals surface area (Å²) < 4.78 is 0. The van der Waals surface area contributed by atoms with Crippen LogP contribution in [-0.2, 0) is 4.79 Å². The zero-order valence-corrected chi connectivity index (χ0v) is 11.0. The van der Waals surface area contributed by atoms with Crippen molar-refractivity contribution in [2.45, 2.75) is 38.1 Å². The molecule has 2 rings (SSSR count). The Bertz CT molecular complexity index is 402. The number of carboxylic acid groups (broad SMARTS) is 1. The van der Waals surface area contributed by atoms with Gasteiger partial charge < -0.3 is 14.9 Å². The van der Waals surface area contributed by atoms with E-state index >= 15 is 0 Å². The molecule has 1 aliphatic carbocycles. The zero-order valence-electron chi connectivity index (χ0n) is 11.0. The molecule has 0 radical (unpaired) electrons. The first kappa shape index (κ1) is 13.7. The minimum Gasteiger partial charge on any atom is -0.480 e. The van der Waals surface area contributed by atoms with Gasteiger partial charge in [0.2, 0.25) is 0 Å². The van der Waals surface area contributed by atoms with Gasteiger partial charge in [0, 0.05) is 12.6 Å². The third kappa shape index (κ3) is 3.01. The van der Waals surface area contributed by atoms with Crippen LogP contribution in [0.25, 0.3) is 0 Å². The van der Waals surface area contributed by atoms with Crippen LogP contribution in [0, 0.1) is 18.3 Å². The second-order valence-corrected chi connectivity index (χ2v) is 5.33. The fourth-order valence-corrected chi connectivity index (χ4v) is 3.34. The number of carboxylic acids is 1. The Morgan fingerprint density at radius 3 is 2.74 bits per heavy atom. The lowest BCUT2D eigenvalue weighted by atomic mass is 9.92. The maximum Gasteiger partial charge on any atom is 0.323 e. The van der Waals surface area contributed by atoms with Crippen molar-refractivity contribution in [1.29, 1.82) is 0 Å². The van der Waals surface area contributed by atoms with Crippen LogP contribution in [0.1, 0.15) is 32.1 Å². The van der Waals surface area contributed by atoms with E-state index in [0.717, 1.165) is 25.8 Å². The molecule has 0 aromatic carbocycles. The van der Waals surface area contributed by atoms with Gasteiger partial charge in [0.25, 0.3) is 0 Å². The van der Waals surface area contributed by atoms with Crippen molar-refractivity contribution in [2.75, 3.05) is 19.6 Å². The molecule has 5 nitrogen and oxygen atoms in total. The van der Waals surface area contributed by atoms with Gasteiger partial charge in [-0.25, -0.2) is 4.79 Å². The molecule has 1 saturated carbocycles. The van der Waals surface area contributed by atoms with Crippen LogP contribution in [0.4, 0.5) is 4.79 Å². The second kappa shape index (κ2) is 5.96. The highest BCUT2D eigenvalue weighted by Gasteiger charge is 2.38. The van der Waals surface area contributed by atoms with Crippen molar-refractivity contribution in [3.63, 3.8) is 0 Å². The minimum atomic E-state index is -1.02. The van der Waals surface area contributed by atoms with Gasteiger partial charge in [0.15, 0.2) is 0 Å². The molecular formula is C14H20N2O3. The summed E-state index contributed by atoms with van der Waals surface area (Å²) >= 11 is 0. The number of fused-ring (bicyclic) bond motifs is 1. The molecule has 2 unspecified atom stereocenters. The van der Waals surface area contributed by atoms with E-state index in [1.54, 1.807) is 0 Å². The Balaban J connectivity index is 2.07. The Morgan fingerprint density at radius 2 is 2.05 bits per heavy atom. The molecule has 5 heteroatoms. The van der Waals surface area contributed by atoms with E-state index in [0.29, 0.717) is 5.92 Å². The zero-order chi connectivity index (χ0) is 13.8. The van der Waals surface area contributed by atoms with Gasteiger partial charge in [0.05, 0.1) is 6.54 Å². The number of likely N-dealkylation sites (tertiary alicyclic amines) is 1. The predicted molar refractivity (Wildman–Crippen MR) is 70.5 cm³/mol. The van der Waals surface area contributed by atoms with Gasteiger partial charge in [-0.3, -0.25) is 4.79 Å². The van der Waals surface area contributed by atoms with Crippen LogP contribution < -0.4 is 0 Å². The van der Waals surface area contributed by atoms with E-state index < -0.39 is 5.97 Å². The minimum absolute atomic E-state index is 0.0546. The quantitative estimate of drug-likeness (QED) is 0.784. The molecule has 2 aliphatic rings. The maximum absolute atomic E-state index is 12.5. The predicted octanol–water partition coefficient (Wildman–Crippen LogP) is 1.39. The van der Waals surface area contributed by atoms with Crippen LogP contribution in [0.5, 0.6) is 0 Å². The molecule has 1 saturated heterocycles. The first-order valence-corrected chi connectivity index (χ1v) is 6.84. The van der Waals surface area contributed by atoms with Crippen molar-refractivity contribution in [1.82, 2.24) is 9.80 Å². The summed E-state index contributed by atoms with van der Waals surface area (Å²) in [5.41, 5.74) is 0. The van der Waals surface area contributed by atoms with Gasteiger partial charge in [0.1, 0.15) is 6.54 Å². The highest BCUT2D eigenvalue weighted by molar-refractivity contribution is 5.80. The largest absolute Gasteiger partial charge is 0.480 e. The molecule has 2 fully saturated rings. The first-order chi connectivity index (χ1) is 9.13. The topological polar surface area (TPSA) is 60.9 Å². The number of rotatable bonds is 3. The number of piperidine rings is 1. The fraction of sp³-hybridized carbons (Fsp3) is 0.714. The van der Waals surface area contributed by atoms with Gasteiger partial charge >= 0.3 is 12.0 Å². The summed E-state index contributed by atoms with van der Waals surface area (Å²) in [6.45, 7) is 0.455. The molecule has 1 aliphatic heterocycles. The monoisotopic (exact) mass is 264 g/mol. The highest BCUT2D eigenvalue weighted by atomic mass is 16.4. The maximum atomic E-state index is 12.5. The van der Waals surface area contributed by atoms with E-state index in [2.05, 4.69) is 5.92 Å². The molecular weight excluding hydrogens is 244 g/mol. The second-order valence-electron chi connectivity index (χ2n) is 5.33. The third-order valence-electron chi connectivity index (χ3n) is 4.12. The van der Waals surface area contributed by atoms with Crippen molar-refractivity contribution in [3.05, 3.63) is 0 Å². The molecule has 104 valence electrons. The van der Waals surface area contributed by atoms with E-state index in [1.165, 1.54) is 17.7 Å². The molecule has 1 heterocycles. The summed E-state index contributed by atoms with van der Waals surface area (Å²) in [5.74, 6) is 1.94. The lowest BCUT2D eigenvalue weighted by Gasteiger charge is -2.40. The Labute approximate surface area is 113 Å².